The van der Waals surface area contributed by atoms with Crippen molar-refractivity contribution in [2.24, 2.45) is 0 Å². The molecule has 0 rings (SSSR count). The SMILES string of the molecule is CC/C=C\C/C=C\C/C=C\C/C=C\CCCCCCCCCCCCC(=O)OCC(COC(=O)CCCCCCCCCCCC)OC(=O)CCCCCCC/C=C\CCCCCCCCC. The molecule has 0 aromatic rings. The third-order valence-electron chi connectivity index (χ3n) is 12.5. The van der Waals surface area contributed by atoms with E-state index in [1.807, 2.05) is 0 Å². The summed E-state index contributed by atoms with van der Waals surface area (Å²) in [6, 6.07) is 0. The summed E-state index contributed by atoms with van der Waals surface area (Å²) in [7, 11) is 0. The van der Waals surface area contributed by atoms with E-state index in [1.54, 1.807) is 0 Å². The van der Waals surface area contributed by atoms with Crippen LogP contribution in [0, 0.1) is 0 Å². The van der Waals surface area contributed by atoms with Crippen LogP contribution < -0.4 is 0 Å². The number of esters is 3. The van der Waals surface area contributed by atoms with Gasteiger partial charge in [-0.2, -0.15) is 0 Å². The number of carbonyl (C=O) groups is 3. The zero-order valence-corrected chi connectivity index (χ0v) is 44.4. The van der Waals surface area contributed by atoms with Gasteiger partial charge in [0.2, 0.25) is 0 Å². The first-order chi connectivity index (χ1) is 33.0. The Labute approximate surface area is 415 Å². The van der Waals surface area contributed by atoms with Gasteiger partial charge in [0.05, 0.1) is 0 Å². The summed E-state index contributed by atoms with van der Waals surface area (Å²) in [5.74, 6) is -0.880. The molecule has 0 aliphatic heterocycles. The van der Waals surface area contributed by atoms with Gasteiger partial charge >= 0.3 is 17.9 Å². The molecule has 0 aliphatic rings. The van der Waals surface area contributed by atoms with E-state index in [4.69, 9.17) is 14.2 Å². The van der Waals surface area contributed by atoms with Crippen molar-refractivity contribution in [1.29, 1.82) is 0 Å². The van der Waals surface area contributed by atoms with Gasteiger partial charge in [0.1, 0.15) is 13.2 Å². The van der Waals surface area contributed by atoms with Crippen LogP contribution in [0.4, 0.5) is 0 Å². The smallest absolute Gasteiger partial charge is 0.306 e. The highest BCUT2D eigenvalue weighted by Crippen LogP contribution is 2.16. The number of unbranched alkanes of at least 4 members (excludes halogenated alkanes) is 31. The van der Waals surface area contributed by atoms with Crippen molar-refractivity contribution >= 4 is 17.9 Å². The fourth-order valence-corrected chi connectivity index (χ4v) is 8.19. The molecule has 388 valence electrons. The van der Waals surface area contributed by atoms with Crippen LogP contribution in [0.2, 0.25) is 0 Å². The molecular weight excluding hydrogens is 829 g/mol. The van der Waals surface area contributed by atoms with E-state index in [0.29, 0.717) is 19.3 Å². The summed E-state index contributed by atoms with van der Waals surface area (Å²) >= 11 is 0. The number of ether oxygens (including phenoxy) is 3. The zero-order chi connectivity index (χ0) is 48.6. The Hall–Kier alpha value is -2.89. The summed E-state index contributed by atoms with van der Waals surface area (Å²) in [5, 5.41) is 0. The molecule has 0 N–H and O–H groups in total. The number of carbonyl (C=O) groups excluding carboxylic acids is 3. The molecule has 0 radical (unpaired) electrons. The molecule has 1 atom stereocenters. The molecule has 0 aromatic carbocycles. The lowest BCUT2D eigenvalue weighted by atomic mass is 10.1. The predicted molar refractivity (Wildman–Crippen MR) is 288 cm³/mol. The quantitative estimate of drug-likeness (QED) is 0.0262. The predicted octanol–water partition coefficient (Wildman–Crippen LogP) is 19.2. The normalized spacial score (nSPS) is 12.5. The third-order valence-corrected chi connectivity index (χ3v) is 12.5. The molecule has 0 bridgehead atoms. The van der Waals surface area contributed by atoms with Crippen molar-refractivity contribution in [2.75, 3.05) is 13.2 Å². The topological polar surface area (TPSA) is 78.9 Å². The van der Waals surface area contributed by atoms with Gasteiger partial charge in [-0.25, -0.2) is 0 Å². The molecule has 6 nitrogen and oxygen atoms in total. The fraction of sp³-hybridized carbons (Fsp3) is 0.787. The maximum Gasteiger partial charge on any atom is 0.306 e. The summed E-state index contributed by atoms with van der Waals surface area (Å²) in [5.41, 5.74) is 0. The van der Waals surface area contributed by atoms with Crippen LogP contribution in [0.5, 0.6) is 0 Å². The number of allylic oxidation sites excluding steroid dienone is 10. The van der Waals surface area contributed by atoms with Crippen molar-refractivity contribution < 1.29 is 28.6 Å². The molecule has 0 aromatic heterocycles. The highest BCUT2D eigenvalue weighted by molar-refractivity contribution is 5.71. The molecule has 0 spiro atoms. The van der Waals surface area contributed by atoms with Crippen molar-refractivity contribution in [3.05, 3.63) is 60.8 Å². The van der Waals surface area contributed by atoms with Gasteiger partial charge in [0.25, 0.3) is 0 Å². The van der Waals surface area contributed by atoms with Gasteiger partial charge in [0.15, 0.2) is 6.10 Å². The Morgan fingerprint density at radius 2 is 0.582 bits per heavy atom. The highest BCUT2D eigenvalue weighted by Gasteiger charge is 2.19. The fourth-order valence-electron chi connectivity index (χ4n) is 8.19. The lowest BCUT2D eigenvalue weighted by Gasteiger charge is -2.18. The number of hydrogen-bond acceptors (Lipinski definition) is 6. The molecular formula is C61H108O6. The van der Waals surface area contributed by atoms with Gasteiger partial charge in [0, 0.05) is 19.3 Å². The molecule has 0 saturated heterocycles. The molecule has 67 heavy (non-hydrogen) atoms. The minimum absolute atomic E-state index is 0.0760. The number of hydrogen-bond donors (Lipinski definition) is 0. The lowest BCUT2D eigenvalue weighted by molar-refractivity contribution is -0.167. The van der Waals surface area contributed by atoms with E-state index in [9.17, 15) is 14.4 Å². The van der Waals surface area contributed by atoms with Crippen molar-refractivity contribution in [2.45, 2.75) is 297 Å². The maximum atomic E-state index is 12.8. The van der Waals surface area contributed by atoms with Crippen molar-refractivity contribution in [3.8, 4) is 0 Å². The number of rotatable bonds is 52. The Morgan fingerprint density at radius 1 is 0.313 bits per heavy atom. The van der Waals surface area contributed by atoms with E-state index in [2.05, 4.69) is 81.5 Å². The molecule has 0 saturated carbocycles. The van der Waals surface area contributed by atoms with Crippen molar-refractivity contribution in [3.63, 3.8) is 0 Å². The van der Waals surface area contributed by atoms with Crippen LogP contribution in [0.3, 0.4) is 0 Å². The van der Waals surface area contributed by atoms with Crippen LogP contribution in [0.15, 0.2) is 60.8 Å². The molecule has 6 heteroatoms. The summed E-state index contributed by atoms with van der Waals surface area (Å²) in [6.07, 6.45) is 69.3. The van der Waals surface area contributed by atoms with Crippen molar-refractivity contribution in [1.82, 2.24) is 0 Å². The second-order valence-electron chi connectivity index (χ2n) is 19.2. The Morgan fingerprint density at radius 3 is 0.925 bits per heavy atom. The molecule has 0 aliphatic carbocycles. The van der Waals surface area contributed by atoms with Gasteiger partial charge in [-0.15, -0.1) is 0 Å². The minimum Gasteiger partial charge on any atom is -0.462 e. The van der Waals surface area contributed by atoms with Gasteiger partial charge < -0.3 is 14.2 Å². The largest absolute Gasteiger partial charge is 0.462 e. The maximum absolute atomic E-state index is 12.8. The monoisotopic (exact) mass is 937 g/mol. The lowest BCUT2D eigenvalue weighted by Crippen LogP contribution is -2.30. The standard InChI is InChI=1S/C61H108O6/c1-4-7-10-13-16-19-22-24-26-28-29-30-31-32-33-34-36-37-39-42-45-48-51-54-60(63)66-57-58(56-65-59(62)53-50-47-44-41-21-18-15-12-9-6-3)67-61(64)55-52-49-46-43-40-38-35-27-25-23-20-17-14-11-8-5-2/h7,10,16,19,24,26-27,29-30,35,58H,4-6,8-9,11-15,17-18,20-23,25,28,31-34,36-57H2,1-3H3/b10-7-,19-16-,26-24-,30-29-,35-27-. The van der Waals surface area contributed by atoms with E-state index in [1.165, 1.54) is 161 Å². The van der Waals surface area contributed by atoms with Crippen LogP contribution in [0.1, 0.15) is 290 Å². The van der Waals surface area contributed by atoms with Crippen LogP contribution in [-0.2, 0) is 28.6 Å². The summed E-state index contributed by atoms with van der Waals surface area (Å²) < 4.78 is 16.8. The first-order valence-corrected chi connectivity index (χ1v) is 28.8. The van der Waals surface area contributed by atoms with Gasteiger partial charge in [-0.05, 0) is 83.5 Å². The first-order valence-electron chi connectivity index (χ1n) is 28.8. The Balaban J connectivity index is 4.27. The Bertz CT molecular complexity index is 1210. The Kier molecular flexibility index (Phi) is 53.3. The van der Waals surface area contributed by atoms with E-state index in [-0.39, 0.29) is 31.1 Å². The zero-order valence-electron chi connectivity index (χ0n) is 44.4. The highest BCUT2D eigenvalue weighted by atomic mass is 16.6. The van der Waals surface area contributed by atoms with E-state index < -0.39 is 6.10 Å². The summed E-state index contributed by atoms with van der Waals surface area (Å²) in [6.45, 7) is 6.53. The average Bonchev–Trinajstić information content (AvgIpc) is 3.33. The van der Waals surface area contributed by atoms with Gasteiger partial charge in [-0.1, -0.05) is 248 Å². The van der Waals surface area contributed by atoms with E-state index >= 15 is 0 Å². The second kappa shape index (κ2) is 55.7. The molecule has 0 heterocycles. The van der Waals surface area contributed by atoms with Gasteiger partial charge in [-0.3, -0.25) is 14.4 Å². The van der Waals surface area contributed by atoms with Crippen LogP contribution in [-0.4, -0.2) is 37.2 Å². The molecule has 0 amide bonds. The molecule has 1 unspecified atom stereocenters. The first kappa shape index (κ1) is 64.1. The van der Waals surface area contributed by atoms with Crippen LogP contribution >= 0.6 is 0 Å². The third kappa shape index (κ3) is 53.9. The average molecular weight is 938 g/mol. The van der Waals surface area contributed by atoms with Crippen LogP contribution in [0.25, 0.3) is 0 Å². The second-order valence-corrected chi connectivity index (χ2v) is 19.2. The molecule has 0 fully saturated rings. The van der Waals surface area contributed by atoms with E-state index in [0.717, 1.165) is 89.9 Å². The minimum atomic E-state index is -0.777. The summed E-state index contributed by atoms with van der Waals surface area (Å²) in [4.78, 5) is 38.1.